The van der Waals surface area contributed by atoms with E-state index >= 15 is 0 Å². The number of ketones is 1. The van der Waals surface area contributed by atoms with Gasteiger partial charge in [-0.1, -0.05) is 32.5 Å². The maximum absolute atomic E-state index is 12.2. The van der Waals surface area contributed by atoms with Crippen LogP contribution in [0.15, 0.2) is 22.8 Å². The van der Waals surface area contributed by atoms with Crippen molar-refractivity contribution in [3.8, 4) is 0 Å². The van der Waals surface area contributed by atoms with Gasteiger partial charge in [-0.15, -0.1) is 11.3 Å². The molecule has 0 saturated carbocycles. The summed E-state index contributed by atoms with van der Waals surface area (Å²) in [6.07, 6.45) is 4.03. The van der Waals surface area contributed by atoms with Crippen LogP contribution in [0.1, 0.15) is 32.8 Å². The number of allylic oxidation sites excluding steroid dienone is 2. The van der Waals surface area contributed by atoms with E-state index in [0.29, 0.717) is 13.0 Å². The number of thiophene rings is 1. The normalized spacial score (nSPS) is 18.2. The lowest BCUT2D eigenvalue weighted by atomic mass is 10.0. The molecule has 0 bridgehead atoms. The van der Waals surface area contributed by atoms with Gasteiger partial charge in [0, 0.05) is 28.7 Å². The van der Waals surface area contributed by atoms with Crippen molar-refractivity contribution in [2.24, 2.45) is 5.92 Å². The van der Waals surface area contributed by atoms with Crippen molar-refractivity contribution in [1.29, 1.82) is 0 Å². The van der Waals surface area contributed by atoms with Gasteiger partial charge in [0.15, 0.2) is 5.78 Å². The summed E-state index contributed by atoms with van der Waals surface area (Å²) in [5, 5.41) is 3.09. The van der Waals surface area contributed by atoms with Crippen LogP contribution in [0.4, 0.5) is 0 Å². The Labute approximate surface area is 155 Å². The molecule has 1 atom stereocenters. The summed E-state index contributed by atoms with van der Waals surface area (Å²) in [5.74, 6) is -0.0193. The third kappa shape index (κ3) is 4.28. The first-order valence-corrected chi connectivity index (χ1v) is 9.81. The van der Waals surface area contributed by atoms with Crippen LogP contribution >= 0.6 is 23.1 Å². The zero-order valence-electron chi connectivity index (χ0n) is 14.9. The second kappa shape index (κ2) is 7.53. The summed E-state index contributed by atoms with van der Waals surface area (Å²) in [6, 6.07) is 0. The average molecular weight is 379 g/mol. The molecule has 0 amide bonds. The maximum atomic E-state index is 12.2. The highest BCUT2D eigenvalue weighted by Gasteiger charge is 2.28. The third-order valence-electron chi connectivity index (χ3n) is 3.78. The number of fused-ring (bicyclic) bond motifs is 1. The topological polar surface area (TPSA) is 61.3 Å². The van der Waals surface area contributed by atoms with Crippen LogP contribution in [0, 0.1) is 5.92 Å². The Kier molecular flexibility index (Phi) is 5.58. The van der Waals surface area contributed by atoms with Crippen LogP contribution < -0.4 is 0 Å². The van der Waals surface area contributed by atoms with Crippen LogP contribution in [0.25, 0.3) is 15.8 Å². The molecule has 2 heterocycles. The molecule has 0 fully saturated rings. The Morgan fingerprint density at radius 1 is 1.36 bits per heavy atom. The van der Waals surface area contributed by atoms with E-state index in [-0.39, 0.29) is 23.2 Å². The first-order valence-electron chi connectivity index (χ1n) is 8.11. The Hall–Kier alpha value is -1.28. The molecule has 1 aliphatic rings. The molecule has 0 spiro atoms. The van der Waals surface area contributed by atoms with E-state index in [1.54, 1.807) is 42.6 Å². The number of nitrogens with zero attached hydrogens (tertiary/aromatic N) is 2. The molecule has 2 aromatic rings. The highest BCUT2D eigenvalue weighted by molar-refractivity contribution is 8.00. The predicted molar refractivity (Wildman–Crippen MR) is 102 cm³/mol. The van der Waals surface area contributed by atoms with Crippen molar-refractivity contribution in [1.82, 2.24) is 9.97 Å². The summed E-state index contributed by atoms with van der Waals surface area (Å²) >= 11 is 3.38. The highest BCUT2D eigenvalue weighted by atomic mass is 32.2. The van der Waals surface area contributed by atoms with Gasteiger partial charge in [0.2, 0.25) is 0 Å². The predicted octanol–water partition coefficient (Wildman–Crippen LogP) is 4.17. The van der Waals surface area contributed by atoms with Gasteiger partial charge in [-0.25, -0.2) is 9.97 Å². The number of rotatable bonds is 6. The standard InChI is InChI=1S/C18H22N2O3S2/c1-18(2,3)25-17-16-15(19-9-20-17)13(8-24-16)11-5-12(14(21)6-11)7-23-10-22-4/h6,8-9,12H,5,7,10H2,1-4H3. The Bertz CT molecular complexity index is 808. The Morgan fingerprint density at radius 3 is 2.88 bits per heavy atom. The Morgan fingerprint density at radius 2 is 2.16 bits per heavy atom. The van der Waals surface area contributed by atoms with Crippen LogP contribution in [-0.4, -0.2) is 41.0 Å². The van der Waals surface area contributed by atoms with Crippen LogP contribution in [0.3, 0.4) is 0 Å². The quantitative estimate of drug-likeness (QED) is 0.325. The number of hydrogen-bond acceptors (Lipinski definition) is 7. The van der Waals surface area contributed by atoms with Gasteiger partial charge in [-0.3, -0.25) is 4.79 Å². The SMILES string of the molecule is COCOCC1CC(c2csc3c(SC(C)(C)C)ncnc23)=CC1=O. The zero-order valence-corrected chi connectivity index (χ0v) is 16.5. The first-order chi connectivity index (χ1) is 11.9. The molecule has 1 unspecified atom stereocenters. The molecular formula is C18H22N2O3S2. The molecule has 0 radical (unpaired) electrons. The molecule has 134 valence electrons. The second-order valence-electron chi connectivity index (χ2n) is 6.97. The van der Waals surface area contributed by atoms with Crippen LogP contribution in [-0.2, 0) is 14.3 Å². The van der Waals surface area contributed by atoms with E-state index in [2.05, 4.69) is 36.1 Å². The lowest BCUT2D eigenvalue weighted by Crippen LogP contribution is -2.15. The highest BCUT2D eigenvalue weighted by Crippen LogP contribution is 2.41. The molecule has 0 saturated heterocycles. The summed E-state index contributed by atoms with van der Waals surface area (Å²) in [5.41, 5.74) is 3.01. The molecule has 0 aliphatic heterocycles. The van der Waals surface area contributed by atoms with E-state index in [1.807, 2.05) is 0 Å². The maximum Gasteiger partial charge on any atom is 0.161 e. The fourth-order valence-electron chi connectivity index (χ4n) is 2.74. The number of carbonyl (C=O) groups excluding carboxylic acids is 1. The summed E-state index contributed by atoms with van der Waals surface area (Å²) in [6.45, 7) is 7.10. The van der Waals surface area contributed by atoms with Crippen molar-refractivity contribution in [2.45, 2.75) is 37.0 Å². The molecule has 1 aliphatic carbocycles. The van der Waals surface area contributed by atoms with Gasteiger partial charge >= 0.3 is 0 Å². The number of carbonyl (C=O) groups is 1. The lowest BCUT2D eigenvalue weighted by molar-refractivity contribution is -0.121. The van der Waals surface area contributed by atoms with Crippen molar-refractivity contribution < 1.29 is 14.3 Å². The van der Waals surface area contributed by atoms with Crippen molar-refractivity contribution >= 4 is 44.7 Å². The fourth-order valence-corrected chi connectivity index (χ4v) is 4.80. The Balaban J connectivity index is 1.84. The third-order valence-corrected chi connectivity index (χ3v) is 6.00. The van der Waals surface area contributed by atoms with Crippen molar-refractivity contribution in [3.63, 3.8) is 0 Å². The summed E-state index contributed by atoms with van der Waals surface area (Å²) < 4.78 is 11.4. The number of hydrogen-bond donors (Lipinski definition) is 0. The van der Waals surface area contributed by atoms with E-state index in [0.717, 1.165) is 26.4 Å². The fraction of sp³-hybridized carbons (Fsp3) is 0.500. The number of ether oxygens (including phenoxy) is 2. The van der Waals surface area contributed by atoms with Gasteiger partial charge in [-0.05, 0) is 18.1 Å². The molecule has 2 aromatic heterocycles. The molecular weight excluding hydrogens is 356 g/mol. The summed E-state index contributed by atoms with van der Waals surface area (Å²) in [4.78, 5) is 21.2. The lowest BCUT2D eigenvalue weighted by Gasteiger charge is -2.16. The minimum Gasteiger partial charge on any atom is -0.359 e. The number of thioether (sulfide) groups is 1. The monoisotopic (exact) mass is 378 g/mol. The van der Waals surface area contributed by atoms with E-state index in [1.165, 1.54) is 0 Å². The van der Waals surface area contributed by atoms with Gasteiger partial charge < -0.3 is 9.47 Å². The van der Waals surface area contributed by atoms with E-state index in [4.69, 9.17) is 9.47 Å². The zero-order chi connectivity index (χ0) is 18.0. The van der Waals surface area contributed by atoms with Crippen molar-refractivity contribution in [2.75, 3.05) is 20.5 Å². The molecule has 25 heavy (non-hydrogen) atoms. The molecule has 3 rings (SSSR count). The van der Waals surface area contributed by atoms with Gasteiger partial charge in [0.1, 0.15) is 18.1 Å². The second-order valence-corrected chi connectivity index (χ2v) is 9.67. The van der Waals surface area contributed by atoms with Crippen LogP contribution in [0.5, 0.6) is 0 Å². The van der Waals surface area contributed by atoms with E-state index < -0.39 is 0 Å². The van der Waals surface area contributed by atoms with Crippen LogP contribution in [0.2, 0.25) is 0 Å². The molecule has 5 nitrogen and oxygen atoms in total. The largest absolute Gasteiger partial charge is 0.359 e. The number of aromatic nitrogens is 2. The molecule has 0 aromatic carbocycles. The van der Waals surface area contributed by atoms with Crippen molar-refractivity contribution in [3.05, 3.63) is 23.3 Å². The molecule has 7 heteroatoms. The smallest absolute Gasteiger partial charge is 0.161 e. The summed E-state index contributed by atoms with van der Waals surface area (Å²) in [7, 11) is 1.57. The minimum absolute atomic E-state index is 0.0812. The first kappa shape index (κ1) is 18.5. The number of methoxy groups -OCH3 is 1. The average Bonchev–Trinajstić information content (AvgIpc) is 3.11. The molecule has 0 N–H and O–H groups in total. The van der Waals surface area contributed by atoms with Gasteiger partial charge in [0.05, 0.1) is 16.8 Å². The van der Waals surface area contributed by atoms with Gasteiger partial charge in [-0.2, -0.15) is 0 Å². The van der Waals surface area contributed by atoms with Gasteiger partial charge in [0.25, 0.3) is 0 Å². The minimum atomic E-state index is -0.134. The van der Waals surface area contributed by atoms with E-state index in [9.17, 15) is 4.79 Å².